The molecule has 3 aromatic carbocycles. The molecule has 2 N–H and O–H groups in total. The number of aliphatic carboxylic acids is 1. The normalized spacial score (nSPS) is 19.8. The average Bonchev–Trinajstić information content (AvgIpc) is 3.54. The number of amides is 2. The second-order valence-corrected chi connectivity index (χ2v) is 10.2. The molecular formula is C33H32N2O7. The maximum atomic E-state index is 14.5. The summed E-state index contributed by atoms with van der Waals surface area (Å²) in [5, 5.41) is 13.5. The summed E-state index contributed by atoms with van der Waals surface area (Å²) in [6, 6.07) is 21.5. The molecule has 9 nitrogen and oxygen atoms in total. The first kappa shape index (κ1) is 28.5. The molecule has 1 saturated heterocycles. The third-order valence-electron chi connectivity index (χ3n) is 7.75. The van der Waals surface area contributed by atoms with Crippen LogP contribution in [-0.2, 0) is 4.79 Å². The minimum absolute atomic E-state index is 0.301. The maximum Gasteiger partial charge on any atom is 0.327 e. The predicted octanol–water partition coefficient (Wildman–Crippen LogP) is 6.24. The van der Waals surface area contributed by atoms with Crippen molar-refractivity contribution in [3.8, 4) is 11.5 Å². The third-order valence-corrected chi connectivity index (χ3v) is 7.75. The minimum Gasteiger partial charge on any atom is -0.497 e. The molecule has 0 bridgehead atoms. The van der Waals surface area contributed by atoms with Gasteiger partial charge in [-0.25, -0.2) is 9.59 Å². The van der Waals surface area contributed by atoms with Crippen LogP contribution in [0, 0.1) is 19.8 Å². The summed E-state index contributed by atoms with van der Waals surface area (Å²) in [4.78, 5) is 43.0. The molecule has 9 heteroatoms. The van der Waals surface area contributed by atoms with Crippen molar-refractivity contribution in [2.24, 2.45) is 5.92 Å². The molecule has 0 radical (unpaired) electrons. The number of aryl methyl sites for hydroxylation is 2. The second kappa shape index (κ2) is 11.8. The number of nitrogens with zero attached hydrogens (tertiary/aromatic N) is 1. The standard InChI is InChI=1S/C33H32N2O7/c1-19-18-26(20(2)42-19)31(36)28-27(21-10-14-24(40-3)15-11-21)30(32(37)38)35(29(28)22-8-6-5-7-9-22)33(39)34-23-12-16-25(41-4)17-13-23/h5-18,27-30H,1-4H3,(H,34,39)(H,37,38). The van der Waals surface area contributed by atoms with E-state index in [4.69, 9.17) is 13.9 Å². The van der Waals surface area contributed by atoms with Gasteiger partial charge in [0.25, 0.3) is 0 Å². The number of anilines is 1. The Morgan fingerprint density at radius 3 is 1.95 bits per heavy atom. The van der Waals surface area contributed by atoms with E-state index in [1.807, 2.05) is 6.07 Å². The third kappa shape index (κ3) is 5.33. The van der Waals surface area contributed by atoms with Gasteiger partial charge in [0.05, 0.1) is 31.7 Å². The highest BCUT2D eigenvalue weighted by Gasteiger charge is 2.58. The summed E-state index contributed by atoms with van der Waals surface area (Å²) in [6.07, 6.45) is 0. The van der Waals surface area contributed by atoms with Gasteiger partial charge in [0.1, 0.15) is 29.1 Å². The first-order valence-corrected chi connectivity index (χ1v) is 13.5. The molecular weight excluding hydrogens is 536 g/mol. The Labute approximate surface area is 243 Å². The number of carboxylic acid groups (broad SMARTS) is 1. The lowest BCUT2D eigenvalue weighted by atomic mass is 9.76. The monoisotopic (exact) mass is 568 g/mol. The van der Waals surface area contributed by atoms with Gasteiger partial charge in [-0.1, -0.05) is 42.5 Å². The summed E-state index contributed by atoms with van der Waals surface area (Å²) < 4.78 is 16.2. The lowest BCUT2D eigenvalue weighted by molar-refractivity contribution is -0.142. The number of benzene rings is 3. The number of urea groups is 1. The zero-order valence-corrected chi connectivity index (χ0v) is 23.7. The lowest BCUT2D eigenvalue weighted by Gasteiger charge is -2.30. The van der Waals surface area contributed by atoms with Gasteiger partial charge in [-0.05, 0) is 67.4 Å². The summed E-state index contributed by atoms with van der Waals surface area (Å²) in [6.45, 7) is 3.46. The van der Waals surface area contributed by atoms with Crippen LogP contribution in [-0.4, -0.2) is 48.1 Å². The Morgan fingerprint density at radius 2 is 1.43 bits per heavy atom. The van der Waals surface area contributed by atoms with E-state index >= 15 is 0 Å². The number of nitrogens with one attached hydrogen (secondary N) is 1. The molecule has 1 aliphatic heterocycles. The van der Waals surface area contributed by atoms with Crippen LogP contribution in [0.1, 0.15) is 45.0 Å². The van der Waals surface area contributed by atoms with Gasteiger partial charge in [-0.15, -0.1) is 0 Å². The number of ketones is 1. The van der Waals surface area contributed by atoms with Gasteiger partial charge in [-0.2, -0.15) is 0 Å². The quantitative estimate of drug-likeness (QED) is 0.242. The predicted molar refractivity (Wildman–Crippen MR) is 156 cm³/mol. The SMILES string of the molecule is COc1ccc(NC(=O)N2C(C(=O)O)C(c3ccc(OC)cc3)C(C(=O)c3cc(C)oc3C)C2c2ccccc2)cc1. The molecule has 4 atom stereocenters. The molecule has 1 aromatic heterocycles. The Balaban J connectivity index is 1.70. The van der Waals surface area contributed by atoms with Crippen LogP contribution in [0.4, 0.5) is 10.5 Å². The molecule has 4 unspecified atom stereocenters. The number of carbonyl (C=O) groups is 3. The number of hydrogen-bond donors (Lipinski definition) is 2. The first-order valence-electron chi connectivity index (χ1n) is 13.5. The van der Waals surface area contributed by atoms with Gasteiger partial charge < -0.3 is 29.2 Å². The molecule has 0 saturated carbocycles. The highest BCUT2D eigenvalue weighted by molar-refractivity contribution is 6.03. The van der Waals surface area contributed by atoms with Crippen LogP contribution in [0.2, 0.25) is 0 Å². The first-order chi connectivity index (χ1) is 20.2. The molecule has 2 heterocycles. The number of ether oxygens (including phenoxy) is 2. The van der Waals surface area contributed by atoms with Crippen molar-refractivity contribution in [3.63, 3.8) is 0 Å². The van der Waals surface area contributed by atoms with Crippen LogP contribution in [0.3, 0.4) is 0 Å². The number of carbonyl (C=O) groups excluding carboxylic acids is 2. The molecule has 216 valence electrons. The smallest absolute Gasteiger partial charge is 0.327 e. The lowest BCUT2D eigenvalue weighted by Crippen LogP contribution is -2.45. The largest absolute Gasteiger partial charge is 0.497 e. The van der Waals surface area contributed by atoms with Gasteiger partial charge in [-0.3, -0.25) is 4.79 Å². The van der Waals surface area contributed by atoms with E-state index in [2.05, 4.69) is 5.32 Å². The fourth-order valence-electron chi connectivity index (χ4n) is 5.89. The van der Waals surface area contributed by atoms with Gasteiger partial charge in [0.15, 0.2) is 5.78 Å². The van der Waals surface area contributed by atoms with Gasteiger partial charge >= 0.3 is 12.0 Å². The van der Waals surface area contributed by atoms with Crippen LogP contribution >= 0.6 is 0 Å². The highest BCUT2D eigenvalue weighted by atomic mass is 16.5. The van der Waals surface area contributed by atoms with Crippen LogP contribution in [0.25, 0.3) is 0 Å². The Morgan fingerprint density at radius 1 is 0.833 bits per heavy atom. The molecule has 1 fully saturated rings. The number of methoxy groups -OCH3 is 2. The number of carboxylic acids is 1. The van der Waals surface area contributed by atoms with Crippen molar-refractivity contribution in [3.05, 3.63) is 113 Å². The molecule has 4 aromatic rings. The van der Waals surface area contributed by atoms with E-state index in [1.54, 1.807) is 99.8 Å². The second-order valence-electron chi connectivity index (χ2n) is 10.2. The van der Waals surface area contributed by atoms with E-state index in [0.29, 0.717) is 45.4 Å². The molecule has 42 heavy (non-hydrogen) atoms. The van der Waals surface area contributed by atoms with Crippen molar-refractivity contribution in [1.82, 2.24) is 4.90 Å². The summed E-state index contributed by atoms with van der Waals surface area (Å²) in [5.74, 6) is -1.17. The number of rotatable bonds is 8. The Bertz CT molecular complexity index is 1580. The molecule has 0 spiro atoms. The number of likely N-dealkylation sites (tertiary alicyclic amines) is 1. The Hall–Kier alpha value is -5.05. The zero-order chi connectivity index (χ0) is 30.0. The number of furan rings is 1. The summed E-state index contributed by atoms with van der Waals surface area (Å²) in [7, 11) is 3.08. The van der Waals surface area contributed by atoms with Crippen LogP contribution in [0.5, 0.6) is 11.5 Å². The highest BCUT2D eigenvalue weighted by Crippen LogP contribution is 2.52. The van der Waals surface area contributed by atoms with E-state index in [9.17, 15) is 19.5 Å². The molecule has 0 aliphatic carbocycles. The van der Waals surface area contributed by atoms with Crippen molar-refractivity contribution < 1.29 is 33.4 Å². The van der Waals surface area contributed by atoms with Crippen molar-refractivity contribution >= 4 is 23.5 Å². The Kier molecular flexibility index (Phi) is 8.01. The number of Topliss-reactive ketones (excluding diaryl/α,β-unsaturated/α-hetero) is 1. The van der Waals surface area contributed by atoms with Crippen molar-refractivity contribution in [1.29, 1.82) is 0 Å². The van der Waals surface area contributed by atoms with Gasteiger partial charge in [0.2, 0.25) is 0 Å². The van der Waals surface area contributed by atoms with E-state index in [-0.39, 0.29) is 5.78 Å². The van der Waals surface area contributed by atoms with E-state index in [0.717, 1.165) is 0 Å². The fourth-order valence-corrected chi connectivity index (χ4v) is 5.89. The van der Waals surface area contributed by atoms with Gasteiger partial charge in [0, 0.05) is 11.6 Å². The van der Waals surface area contributed by atoms with Crippen LogP contribution < -0.4 is 14.8 Å². The van der Waals surface area contributed by atoms with Crippen molar-refractivity contribution in [2.75, 3.05) is 19.5 Å². The topological polar surface area (TPSA) is 118 Å². The summed E-state index contributed by atoms with van der Waals surface area (Å²) in [5.41, 5.74) is 2.05. The molecule has 2 amide bonds. The zero-order valence-electron chi connectivity index (χ0n) is 23.7. The summed E-state index contributed by atoms with van der Waals surface area (Å²) >= 11 is 0. The molecule has 5 rings (SSSR count). The number of hydrogen-bond acceptors (Lipinski definition) is 6. The van der Waals surface area contributed by atoms with Crippen molar-refractivity contribution in [2.45, 2.75) is 31.8 Å². The minimum atomic E-state index is -1.37. The maximum absolute atomic E-state index is 14.5. The van der Waals surface area contributed by atoms with E-state index < -0.39 is 35.9 Å². The molecule has 1 aliphatic rings. The van der Waals surface area contributed by atoms with Crippen LogP contribution in [0.15, 0.2) is 89.3 Å². The fraction of sp³-hybridized carbons (Fsp3) is 0.242. The average molecular weight is 569 g/mol. The van der Waals surface area contributed by atoms with E-state index in [1.165, 1.54) is 12.0 Å².